The standard InChI is InChI=1S/C14H13ClN6O3S4/c1-2-7-25-13-19-18-12(26-13)21-28(23,24)14-20-17-11(27-14)16-10(22)8-3-5-9(15)6-4-8/h3-6H,2,7H2,1H3,(H,18,21)(H,16,17,22). The van der Waals surface area contributed by atoms with E-state index in [0.717, 1.165) is 34.8 Å². The van der Waals surface area contributed by atoms with Gasteiger partial charge in [-0.1, -0.05) is 53.0 Å². The van der Waals surface area contributed by atoms with E-state index in [1.54, 1.807) is 24.3 Å². The number of halogens is 1. The Bertz CT molecular complexity index is 1070. The third-order valence-electron chi connectivity index (χ3n) is 3.02. The quantitative estimate of drug-likeness (QED) is 0.373. The summed E-state index contributed by atoms with van der Waals surface area (Å²) in [4.78, 5) is 12.2. The average Bonchev–Trinajstić information content (AvgIpc) is 3.30. The number of benzene rings is 1. The second-order valence-electron chi connectivity index (χ2n) is 5.16. The van der Waals surface area contributed by atoms with Crippen molar-refractivity contribution in [1.29, 1.82) is 0 Å². The molecule has 9 nitrogen and oxygen atoms in total. The van der Waals surface area contributed by atoms with E-state index >= 15 is 0 Å². The van der Waals surface area contributed by atoms with Crippen molar-refractivity contribution in [3.8, 4) is 0 Å². The Hall–Kier alpha value is -1.80. The lowest BCUT2D eigenvalue weighted by molar-refractivity contribution is 0.102. The highest BCUT2D eigenvalue weighted by atomic mass is 35.5. The van der Waals surface area contributed by atoms with Crippen LogP contribution in [0.4, 0.5) is 10.3 Å². The zero-order valence-electron chi connectivity index (χ0n) is 14.2. The summed E-state index contributed by atoms with van der Waals surface area (Å²) in [6.07, 6.45) is 0.973. The summed E-state index contributed by atoms with van der Waals surface area (Å²) in [5.74, 6) is 0.417. The first kappa shape index (κ1) is 20.9. The topological polar surface area (TPSA) is 127 Å². The van der Waals surface area contributed by atoms with Crippen LogP contribution in [0.5, 0.6) is 0 Å². The van der Waals surface area contributed by atoms with Crippen LogP contribution in [-0.2, 0) is 10.0 Å². The Morgan fingerprint density at radius 2 is 1.82 bits per heavy atom. The van der Waals surface area contributed by atoms with E-state index in [4.69, 9.17) is 11.6 Å². The summed E-state index contributed by atoms with van der Waals surface area (Å²) < 4.78 is 27.6. The molecule has 0 aliphatic rings. The van der Waals surface area contributed by atoms with Crippen molar-refractivity contribution >= 4 is 72.2 Å². The van der Waals surface area contributed by atoms with Gasteiger partial charge in [-0.15, -0.1) is 20.4 Å². The van der Waals surface area contributed by atoms with Gasteiger partial charge in [0.1, 0.15) is 0 Å². The first-order valence-corrected chi connectivity index (χ1v) is 12.2. The monoisotopic (exact) mass is 476 g/mol. The lowest BCUT2D eigenvalue weighted by atomic mass is 10.2. The fraction of sp³-hybridized carbons (Fsp3) is 0.214. The average molecular weight is 477 g/mol. The van der Waals surface area contributed by atoms with Crippen LogP contribution in [0.2, 0.25) is 5.02 Å². The zero-order valence-corrected chi connectivity index (χ0v) is 18.3. The zero-order chi connectivity index (χ0) is 20.1. The number of nitrogens with one attached hydrogen (secondary N) is 2. The van der Waals surface area contributed by atoms with Crippen LogP contribution >= 0.6 is 46.0 Å². The van der Waals surface area contributed by atoms with E-state index in [1.165, 1.54) is 11.8 Å². The number of anilines is 2. The van der Waals surface area contributed by atoms with Gasteiger partial charge >= 0.3 is 0 Å². The van der Waals surface area contributed by atoms with Gasteiger partial charge in [-0.3, -0.25) is 14.8 Å². The van der Waals surface area contributed by atoms with Crippen LogP contribution in [-0.4, -0.2) is 40.5 Å². The number of hydrogen-bond acceptors (Lipinski definition) is 10. The highest BCUT2D eigenvalue weighted by Gasteiger charge is 2.23. The van der Waals surface area contributed by atoms with Gasteiger partial charge in [0.15, 0.2) is 4.34 Å². The SMILES string of the molecule is CCCSc1nnc(NS(=O)(=O)c2nnc(NC(=O)c3ccc(Cl)cc3)s2)s1. The van der Waals surface area contributed by atoms with Crippen LogP contribution in [0.25, 0.3) is 0 Å². The minimum atomic E-state index is -3.98. The Morgan fingerprint density at radius 3 is 2.54 bits per heavy atom. The highest BCUT2D eigenvalue weighted by Crippen LogP contribution is 2.28. The molecule has 0 radical (unpaired) electrons. The molecule has 14 heteroatoms. The summed E-state index contributed by atoms with van der Waals surface area (Å²) in [5, 5.41) is 18.3. The smallest absolute Gasteiger partial charge is 0.293 e. The van der Waals surface area contributed by atoms with Crippen molar-refractivity contribution in [1.82, 2.24) is 20.4 Å². The number of carbonyl (C=O) groups excluding carboxylic acids is 1. The van der Waals surface area contributed by atoms with Crippen molar-refractivity contribution in [2.24, 2.45) is 0 Å². The number of amides is 1. The van der Waals surface area contributed by atoms with Gasteiger partial charge in [0.2, 0.25) is 10.3 Å². The molecule has 0 atom stereocenters. The van der Waals surface area contributed by atoms with E-state index in [0.29, 0.717) is 14.9 Å². The van der Waals surface area contributed by atoms with Gasteiger partial charge in [-0.25, -0.2) is 0 Å². The molecular formula is C14H13ClN6O3S4. The third-order valence-corrected chi connectivity index (χ3v) is 8.13. The Labute approximate surface area is 178 Å². The summed E-state index contributed by atoms with van der Waals surface area (Å²) in [6.45, 7) is 2.04. The highest BCUT2D eigenvalue weighted by molar-refractivity contribution is 8.01. The molecule has 148 valence electrons. The van der Waals surface area contributed by atoms with Crippen molar-refractivity contribution in [3.63, 3.8) is 0 Å². The fourth-order valence-electron chi connectivity index (χ4n) is 1.80. The first-order valence-electron chi connectivity index (χ1n) is 7.77. The maximum Gasteiger partial charge on any atom is 0.293 e. The Morgan fingerprint density at radius 1 is 1.11 bits per heavy atom. The van der Waals surface area contributed by atoms with Crippen molar-refractivity contribution in [3.05, 3.63) is 34.9 Å². The molecule has 0 spiro atoms. The molecule has 0 bridgehead atoms. The van der Waals surface area contributed by atoms with E-state index in [2.05, 4.69) is 30.4 Å². The van der Waals surface area contributed by atoms with Gasteiger partial charge < -0.3 is 0 Å². The van der Waals surface area contributed by atoms with Gasteiger partial charge in [0.25, 0.3) is 20.3 Å². The molecule has 1 amide bonds. The first-order chi connectivity index (χ1) is 13.4. The molecule has 3 rings (SSSR count). The predicted molar refractivity (Wildman–Crippen MR) is 111 cm³/mol. The number of carbonyl (C=O) groups is 1. The van der Waals surface area contributed by atoms with Gasteiger partial charge in [-0.05, 0) is 30.7 Å². The molecule has 0 unspecified atom stereocenters. The molecule has 2 aromatic heterocycles. The molecular weight excluding hydrogens is 464 g/mol. The van der Waals surface area contributed by atoms with Crippen LogP contribution in [0, 0.1) is 0 Å². The summed E-state index contributed by atoms with van der Waals surface area (Å²) in [7, 11) is -3.98. The Balaban J connectivity index is 1.67. The predicted octanol–water partition coefficient (Wildman–Crippen LogP) is 3.60. The van der Waals surface area contributed by atoms with Crippen molar-refractivity contribution in [2.45, 2.75) is 22.0 Å². The molecule has 0 saturated heterocycles. The molecule has 2 heterocycles. The van der Waals surface area contributed by atoms with Gasteiger partial charge in [0, 0.05) is 16.3 Å². The van der Waals surface area contributed by atoms with Gasteiger partial charge in [-0.2, -0.15) is 8.42 Å². The summed E-state index contributed by atoms with van der Waals surface area (Å²) >= 11 is 9.15. The van der Waals surface area contributed by atoms with Crippen molar-refractivity contribution in [2.75, 3.05) is 15.8 Å². The maximum atomic E-state index is 12.4. The molecule has 3 aromatic rings. The second kappa shape index (κ2) is 9.13. The molecule has 0 saturated carbocycles. The maximum absolute atomic E-state index is 12.4. The lowest BCUT2D eigenvalue weighted by Gasteiger charge is -2.01. The molecule has 28 heavy (non-hydrogen) atoms. The van der Waals surface area contributed by atoms with Crippen LogP contribution in [0.15, 0.2) is 32.9 Å². The van der Waals surface area contributed by atoms with Crippen molar-refractivity contribution < 1.29 is 13.2 Å². The third kappa shape index (κ3) is 5.38. The van der Waals surface area contributed by atoms with Gasteiger partial charge in [0.05, 0.1) is 0 Å². The number of nitrogens with zero attached hydrogens (tertiary/aromatic N) is 4. The number of thioether (sulfide) groups is 1. The molecule has 0 aliphatic carbocycles. The van der Waals surface area contributed by atoms with E-state index in [1.807, 2.05) is 6.92 Å². The second-order valence-corrected chi connectivity index (χ2v) is 10.8. The number of aromatic nitrogens is 4. The normalized spacial score (nSPS) is 11.4. The van der Waals surface area contributed by atoms with E-state index < -0.39 is 15.9 Å². The summed E-state index contributed by atoms with van der Waals surface area (Å²) in [5.41, 5.74) is 0.355. The molecule has 1 aromatic carbocycles. The molecule has 2 N–H and O–H groups in total. The largest absolute Gasteiger partial charge is 0.296 e. The number of hydrogen-bond donors (Lipinski definition) is 2. The minimum Gasteiger partial charge on any atom is -0.296 e. The number of sulfonamides is 1. The Kier molecular flexibility index (Phi) is 6.82. The summed E-state index contributed by atoms with van der Waals surface area (Å²) in [6, 6.07) is 6.24. The van der Waals surface area contributed by atoms with E-state index in [9.17, 15) is 13.2 Å². The molecule has 0 aliphatic heterocycles. The van der Waals surface area contributed by atoms with E-state index in [-0.39, 0.29) is 14.6 Å². The number of rotatable bonds is 8. The molecule has 0 fully saturated rings. The lowest BCUT2D eigenvalue weighted by Crippen LogP contribution is -2.12. The van der Waals surface area contributed by atoms with Crippen LogP contribution in [0.3, 0.4) is 0 Å². The van der Waals surface area contributed by atoms with Crippen LogP contribution in [0.1, 0.15) is 23.7 Å². The fourth-order valence-corrected chi connectivity index (χ4v) is 5.73. The van der Waals surface area contributed by atoms with Crippen LogP contribution < -0.4 is 10.0 Å². The minimum absolute atomic E-state index is 0.0526.